The summed E-state index contributed by atoms with van der Waals surface area (Å²) in [5.74, 6) is 0. The molecule has 2 nitrogen and oxygen atoms in total. The minimum atomic E-state index is -0.0822. The largest absolute Gasteiger partial charge is 0.377 e. The SMILES string of the molecule is CC(C)OCC(N)c1cc(Br)cc(Br)c1. The second-order valence-electron chi connectivity index (χ2n) is 3.69. The Morgan fingerprint density at radius 3 is 2.20 bits per heavy atom. The Labute approximate surface area is 107 Å². The second-order valence-corrected chi connectivity index (χ2v) is 5.52. The summed E-state index contributed by atoms with van der Waals surface area (Å²) in [6, 6.07) is 5.93. The van der Waals surface area contributed by atoms with Crippen LogP contribution in [-0.4, -0.2) is 12.7 Å². The molecule has 0 fully saturated rings. The van der Waals surface area contributed by atoms with E-state index < -0.39 is 0 Å². The molecule has 0 radical (unpaired) electrons. The number of ether oxygens (including phenoxy) is 1. The third-order valence-electron chi connectivity index (χ3n) is 1.92. The van der Waals surface area contributed by atoms with Crippen LogP contribution in [0.1, 0.15) is 25.5 Å². The molecule has 0 bridgehead atoms. The van der Waals surface area contributed by atoms with E-state index in [0.29, 0.717) is 6.61 Å². The van der Waals surface area contributed by atoms with Gasteiger partial charge in [-0.3, -0.25) is 0 Å². The maximum Gasteiger partial charge on any atom is 0.0662 e. The van der Waals surface area contributed by atoms with E-state index in [1.54, 1.807) is 0 Å². The van der Waals surface area contributed by atoms with Crippen LogP contribution in [0, 0.1) is 0 Å². The van der Waals surface area contributed by atoms with Crippen molar-refractivity contribution in [2.45, 2.75) is 26.0 Å². The first kappa shape index (κ1) is 13.2. The molecule has 0 aliphatic rings. The molecule has 1 atom stereocenters. The van der Waals surface area contributed by atoms with Gasteiger partial charge in [0, 0.05) is 8.95 Å². The van der Waals surface area contributed by atoms with Crippen LogP contribution in [0.5, 0.6) is 0 Å². The Balaban J connectivity index is 2.68. The number of benzene rings is 1. The van der Waals surface area contributed by atoms with Gasteiger partial charge in [0.1, 0.15) is 0 Å². The van der Waals surface area contributed by atoms with Gasteiger partial charge in [-0.05, 0) is 37.6 Å². The van der Waals surface area contributed by atoms with Crippen LogP contribution in [0.15, 0.2) is 27.1 Å². The first-order valence-corrected chi connectivity index (χ1v) is 6.41. The summed E-state index contributed by atoms with van der Waals surface area (Å²) in [7, 11) is 0. The molecule has 1 rings (SSSR count). The van der Waals surface area contributed by atoms with E-state index in [9.17, 15) is 0 Å². The quantitative estimate of drug-likeness (QED) is 0.911. The van der Waals surface area contributed by atoms with E-state index in [2.05, 4.69) is 31.9 Å². The molecule has 0 aliphatic heterocycles. The predicted molar refractivity (Wildman–Crippen MR) is 69.9 cm³/mol. The summed E-state index contributed by atoms with van der Waals surface area (Å²) in [5, 5.41) is 0. The Morgan fingerprint density at radius 2 is 1.73 bits per heavy atom. The van der Waals surface area contributed by atoms with Crippen LogP contribution in [-0.2, 0) is 4.74 Å². The van der Waals surface area contributed by atoms with Crippen molar-refractivity contribution in [1.29, 1.82) is 0 Å². The summed E-state index contributed by atoms with van der Waals surface area (Å²) in [5.41, 5.74) is 7.08. The smallest absolute Gasteiger partial charge is 0.0662 e. The second kappa shape index (κ2) is 5.99. The lowest BCUT2D eigenvalue weighted by Gasteiger charge is -2.15. The first-order chi connectivity index (χ1) is 6.99. The van der Waals surface area contributed by atoms with Crippen LogP contribution < -0.4 is 5.73 Å². The van der Waals surface area contributed by atoms with Crippen LogP contribution in [0.3, 0.4) is 0 Å². The van der Waals surface area contributed by atoms with Gasteiger partial charge in [-0.15, -0.1) is 0 Å². The van der Waals surface area contributed by atoms with E-state index in [0.717, 1.165) is 14.5 Å². The van der Waals surface area contributed by atoms with Gasteiger partial charge in [0.15, 0.2) is 0 Å². The lowest BCUT2D eigenvalue weighted by molar-refractivity contribution is 0.0683. The minimum absolute atomic E-state index is 0.0822. The molecule has 4 heteroatoms. The van der Waals surface area contributed by atoms with Crippen molar-refractivity contribution in [2.75, 3.05) is 6.61 Å². The third kappa shape index (κ3) is 4.64. The summed E-state index contributed by atoms with van der Waals surface area (Å²) in [4.78, 5) is 0. The van der Waals surface area contributed by atoms with Crippen molar-refractivity contribution in [2.24, 2.45) is 5.73 Å². The normalized spacial score (nSPS) is 13.2. The van der Waals surface area contributed by atoms with E-state index in [1.165, 1.54) is 0 Å². The zero-order valence-electron chi connectivity index (χ0n) is 8.84. The number of rotatable bonds is 4. The van der Waals surface area contributed by atoms with Gasteiger partial charge in [0.2, 0.25) is 0 Å². The zero-order valence-corrected chi connectivity index (χ0v) is 12.0. The highest BCUT2D eigenvalue weighted by molar-refractivity contribution is 9.11. The fraction of sp³-hybridized carbons (Fsp3) is 0.455. The number of hydrogen-bond acceptors (Lipinski definition) is 2. The third-order valence-corrected chi connectivity index (χ3v) is 2.84. The van der Waals surface area contributed by atoms with Gasteiger partial charge >= 0.3 is 0 Å². The van der Waals surface area contributed by atoms with Crippen LogP contribution in [0.4, 0.5) is 0 Å². The molecule has 0 saturated carbocycles. The molecule has 84 valence electrons. The fourth-order valence-electron chi connectivity index (χ4n) is 1.18. The van der Waals surface area contributed by atoms with E-state index >= 15 is 0 Å². The monoisotopic (exact) mass is 335 g/mol. The van der Waals surface area contributed by atoms with Crippen molar-refractivity contribution < 1.29 is 4.74 Å². The summed E-state index contributed by atoms with van der Waals surface area (Å²) in [6.07, 6.45) is 0.214. The topological polar surface area (TPSA) is 35.2 Å². The van der Waals surface area contributed by atoms with E-state index in [1.807, 2.05) is 32.0 Å². The molecule has 0 amide bonds. The zero-order chi connectivity index (χ0) is 11.4. The average molecular weight is 337 g/mol. The lowest BCUT2D eigenvalue weighted by atomic mass is 10.1. The molecule has 1 aromatic rings. The predicted octanol–water partition coefficient (Wildman–Crippen LogP) is 3.64. The van der Waals surface area contributed by atoms with Gasteiger partial charge in [0.25, 0.3) is 0 Å². The van der Waals surface area contributed by atoms with Crippen LogP contribution >= 0.6 is 31.9 Å². The molecule has 1 aromatic carbocycles. The van der Waals surface area contributed by atoms with E-state index in [-0.39, 0.29) is 12.1 Å². The van der Waals surface area contributed by atoms with Crippen LogP contribution in [0.25, 0.3) is 0 Å². The average Bonchev–Trinajstić information content (AvgIpc) is 2.12. The summed E-state index contributed by atoms with van der Waals surface area (Å²) in [6.45, 7) is 4.55. The molecular formula is C11H15Br2NO. The fourth-order valence-corrected chi connectivity index (χ4v) is 2.51. The van der Waals surface area contributed by atoms with Gasteiger partial charge in [-0.1, -0.05) is 31.9 Å². The highest BCUT2D eigenvalue weighted by Crippen LogP contribution is 2.23. The first-order valence-electron chi connectivity index (χ1n) is 4.82. The van der Waals surface area contributed by atoms with Crippen LogP contribution in [0.2, 0.25) is 0 Å². The molecule has 0 spiro atoms. The lowest BCUT2D eigenvalue weighted by Crippen LogP contribution is -2.19. The van der Waals surface area contributed by atoms with Gasteiger partial charge in [0.05, 0.1) is 18.8 Å². The maximum atomic E-state index is 6.01. The van der Waals surface area contributed by atoms with Crippen molar-refractivity contribution in [3.8, 4) is 0 Å². The standard InChI is InChI=1S/C11H15Br2NO/c1-7(2)15-6-11(14)8-3-9(12)5-10(13)4-8/h3-5,7,11H,6,14H2,1-2H3. The van der Waals surface area contributed by atoms with Gasteiger partial charge in [-0.25, -0.2) is 0 Å². The Bertz CT molecular complexity index is 308. The van der Waals surface area contributed by atoms with Gasteiger partial charge in [-0.2, -0.15) is 0 Å². The Kier molecular flexibility index (Phi) is 5.26. The molecule has 0 saturated heterocycles. The van der Waals surface area contributed by atoms with Crippen molar-refractivity contribution >= 4 is 31.9 Å². The number of halogens is 2. The minimum Gasteiger partial charge on any atom is -0.377 e. The molecule has 0 aliphatic carbocycles. The number of nitrogens with two attached hydrogens (primary N) is 1. The Morgan fingerprint density at radius 1 is 1.20 bits per heavy atom. The Hall–Kier alpha value is 0.1000. The molecule has 1 unspecified atom stereocenters. The summed E-state index contributed by atoms with van der Waals surface area (Å²) < 4.78 is 7.52. The van der Waals surface area contributed by atoms with Gasteiger partial charge < -0.3 is 10.5 Å². The maximum absolute atomic E-state index is 6.01. The molecule has 2 N–H and O–H groups in total. The molecule has 0 aromatic heterocycles. The highest BCUT2D eigenvalue weighted by atomic mass is 79.9. The van der Waals surface area contributed by atoms with Crippen molar-refractivity contribution in [3.63, 3.8) is 0 Å². The molecular weight excluding hydrogens is 322 g/mol. The van der Waals surface area contributed by atoms with E-state index in [4.69, 9.17) is 10.5 Å². The summed E-state index contributed by atoms with van der Waals surface area (Å²) >= 11 is 6.87. The van der Waals surface area contributed by atoms with Crippen molar-refractivity contribution in [3.05, 3.63) is 32.7 Å². The van der Waals surface area contributed by atoms with Crippen molar-refractivity contribution in [1.82, 2.24) is 0 Å². The highest BCUT2D eigenvalue weighted by Gasteiger charge is 2.08. The molecule has 15 heavy (non-hydrogen) atoms. The number of hydrogen-bond donors (Lipinski definition) is 1. The molecule has 0 heterocycles.